The molecular weight excluding hydrogens is 844 g/mol. The highest BCUT2D eigenvalue weighted by Gasteiger charge is 2.52. The first kappa shape index (κ1) is 41.8. The number of alkyl halides is 3. The number of aromatic nitrogens is 4. The molecule has 0 spiro atoms. The molecule has 2 unspecified atom stereocenters. The van der Waals surface area contributed by atoms with Gasteiger partial charge < -0.3 is 35.2 Å². The zero-order valence-electron chi connectivity index (χ0n) is 34.9. The smallest absolute Gasteiger partial charge is 0.301 e. The van der Waals surface area contributed by atoms with Gasteiger partial charge in [-0.05, 0) is 80.8 Å². The number of aryl methyl sites for hydroxylation is 1. The maximum absolute atomic E-state index is 16.5. The van der Waals surface area contributed by atoms with Crippen LogP contribution in [0, 0.1) is 11.7 Å². The molecule has 3 saturated heterocycles. The molecule has 19 heteroatoms. The van der Waals surface area contributed by atoms with Crippen LogP contribution in [0.3, 0.4) is 0 Å². The number of aliphatic hydroxyl groups excluding tert-OH is 1. The van der Waals surface area contributed by atoms with Gasteiger partial charge in [0.25, 0.3) is 0 Å². The maximum atomic E-state index is 16.5. The average Bonchev–Trinajstić information content (AvgIpc) is 4.05. The summed E-state index contributed by atoms with van der Waals surface area (Å²) >= 11 is 6.59. The van der Waals surface area contributed by atoms with Gasteiger partial charge in [0.1, 0.15) is 16.2 Å². The second-order valence-corrected chi connectivity index (χ2v) is 18.4. The number of likely N-dealkylation sites (N-methyl/N-ethyl adjacent to an activating group) is 1. The van der Waals surface area contributed by atoms with Crippen LogP contribution in [0.2, 0.25) is 5.02 Å². The highest BCUT2D eigenvalue weighted by atomic mass is 35.5. The highest BCUT2D eigenvalue weighted by Crippen LogP contribution is 2.46. The first-order valence-electron chi connectivity index (χ1n) is 21.7. The van der Waals surface area contributed by atoms with Crippen molar-refractivity contribution >= 4 is 63.2 Å². The summed E-state index contributed by atoms with van der Waals surface area (Å²) in [5.41, 5.74) is 2.07. The molecular formula is C44H49ClF4N10O4. The van der Waals surface area contributed by atoms with Gasteiger partial charge in [-0.3, -0.25) is 19.6 Å². The standard InChI is InChI=1S/C44H49ClF4N10O4/c1-56-31-9-5-25(19-29(31)35-37(41(56)62)63-22-44(48,49)38(53-35)24-3-4-24)51-39-30(45)20-50-42(54-39)59-17-13-43(47,14-18-59)21-58-15-11-23(12-16-58)26-6-7-27-34(55-57(2)36(27)33(26)46)28-8-10-32(60)52-40(28)61/h5-7,9,19-20,23-24,28,38,41,53,62H,3-4,8,10-18,21-22H2,1-2H3,(H,50,51,54)(H,52,60,61)/t28?,38-,41?/m0/s1. The van der Waals surface area contributed by atoms with E-state index in [0.29, 0.717) is 115 Å². The molecule has 10 rings (SSSR count). The van der Waals surface area contributed by atoms with Crippen LogP contribution in [0.5, 0.6) is 0 Å². The van der Waals surface area contributed by atoms with Crippen LogP contribution in [-0.4, -0.2) is 112 Å². The average molecular weight is 893 g/mol. The highest BCUT2D eigenvalue weighted by molar-refractivity contribution is 6.33. The fraction of sp³-hybridized carbons (Fsp3) is 0.523. The van der Waals surface area contributed by atoms with E-state index in [1.54, 1.807) is 43.3 Å². The molecule has 1 saturated carbocycles. The van der Waals surface area contributed by atoms with Crippen LogP contribution in [0.4, 0.5) is 40.7 Å². The summed E-state index contributed by atoms with van der Waals surface area (Å²) in [6, 6.07) is 7.84. The van der Waals surface area contributed by atoms with E-state index in [9.17, 15) is 14.7 Å². The molecule has 0 radical (unpaired) electrons. The van der Waals surface area contributed by atoms with Gasteiger partial charge in [-0.2, -0.15) is 10.1 Å². The fourth-order valence-corrected chi connectivity index (χ4v) is 10.2. The van der Waals surface area contributed by atoms with E-state index in [4.69, 9.17) is 21.3 Å². The summed E-state index contributed by atoms with van der Waals surface area (Å²) in [4.78, 5) is 39.1. The van der Waals surface area contributed by atoms with E-state index < -0.39 is 42.3 Å². The van der Waals surface area contributed by atoms with E-state index in [2.05, 4.69) is 30.9 Å². The van der Waals surface area contributed by atoms with E-state index in [0.717, 1.165) is 0 Å². The number of fused-ring (bicyclic) bond motifs is 3. The van der Waals surface area contributed by atoms with Crippen LogP contribution < -0.4 is 25.8 Å². The Morgan fingerprint density at radius 2 is 1.78 bits per heavy atom. The molecule has 2 aromatic carbocycles. The molecule has 4 aromatic rings. The molecule has 5 aliphatic heterocycles. The van der Waals surface area contributed by atoms with Crippen LogP contribution in [0.1, 0.15) is 80.0 Å². The molecule has 14 nitrogen and oxygen atoms in total. The number of imide groups is 1. The van der Waals surface area contributed by atoms with E-state index in [1.165, 1.54) is 10.9 Å². The van der Waals surface area contributed by atoms with Gasteiger partial charge in [0.2, 0.25) is 17.8 Å². The van der Waals surface area contributed by atoms with Gasteiger partial charge in [0, 0.05) is 75.3 Å². The number of carbonyl (C=O) groups is 2. The Hall–Kier alpha value is -5.20. The minimum Gasteiger partial charge on any atom is -0.485 e. The Labute approximate surface area is 366 Å². The van der Waals surface area contributed by atoms with Crippen molar-refractivity contribution in [2.24, 2.45) is 13.0 Å². The molecule has 63 heavy (non-hydrogen) atoms. The SMILES string of the molecule is CN1c2ccc(Nc3nc(N4CCC(F)(CN5CCC(c6ccc7c(C8CCC(=O)NC8=O)nn(C)c7c6F)CC5)CC4)ncc3Cl)cc2C2=C(OCC(F)(F)[C@H](C3CC3)N2)C1O. The number of hydrogen-bond acceptors (Lipinski definition) is 12. The summed E-state index contributed by atoms with van der Waals surface area (Å²) in [5, 5.41) is 25.1. The number of nitrogens with one attached hydrogen (secondary N) is 3. The Balaban J connectivity index is 0.773. The van der Waals surface area contributed by atoms with Crippen molar-refractivity contribution < 1.29 is 37.0 Å². The Morgan fingerprint density at radius 1 is 1.02 bits per heavy atom. The fourth-order valence-electron chi connectivity index (χ4n) is 10.1. The number of hydrogen-bond donors (Lipinski definition) is 4. The number of rotatable bonds is 8. The van der Waals surface area contributed by atoms with Gasteiger partial charge in [-0.15, -0.1) is 0 Å². The number of aliphatic hydroxyl groups is 1. The predicted octanol–water partition coefficient (Wildman–Crippen LogP) is 6.08. The van der Waals surface area contributed by atoms with Gasteiger partial charge in [-0.1, -0.05) is 23.7 Å². The summed E-state index contributed by atoms with van der Waals surface area (Å²) in [6.45, 7) is 1.44. The molecule has 334 valence electrons. The molecule has 4 N–H and O–H groups in total. The lowest BCUT2D eigenvalue weighted by Gasteiger charge is -2.41. The van der Waals surface area contributed by atoms with Gasteiger partial charge in [-0.25, -0.2) is 22.5 Å². The number of amides is 2. The number of carbonyl (C=O) groups excluding carboxylic acids is 2. The van der Waals surface area contributed by atoms with Crippen molar-refractivity contribution in [3.8, 4) is 0 Å². The number of anilines is 4. The van der Waals surface area contributed by atoms with E-state index in [1.807, 2.05) is 11.0 Å². The molecule has 0 bridgehead atoms. The minimum atomic E-state index is -3.12. The molecule has 2 amide bonds. The monoisotopic (exact) mass is 892 g/mol. The van der Waals surface area contributed by atoms with Crippen molar-refractivity contribution in [1.29, 1.82) is 0 Å². The second kappa shape index (κ2) is 15.8. The summed E-state index contributed by atoms with van der Waals surface area (Å²) in [5.74, 6) is -4.32. The van der Waals surface area contributed by atoms with E-state index >= 15 is 17.6 Å². The van der Waals surface area contributed by atoms with Gasteiger partial charge in [0.05, 0.1) is 29.5 Å². The topological polar surface area (TPSA) is 153 Å². The third-order valence-corrected chi connectivity index (χ3v) is 14.1. The Kier molecular flexibility index (Phi) is 10.5. The Morgan fingerprint density at radius 3 is 2.51 bits per heavy atom. The lowest BCUT2D eigenvalue weighted by molar-refractivity contribution is -0.134. The third-order valence-electron chi connectivity index (χ3n) is 13.8. The zero-order chi connectivity index (χ0) is 43.9. The normalized spacial score (nSPS) is 25.2. The largest absolute Gasteiger partial charge is 0.485 e. The van der Waals surface area contributed by atoms with Crippen LogP contribution in [0.15, 0.2) is 42.3 Å². The van der Waals surface area contributed by atoms with Crippen molar-refractivity contribution in [2.75, 3.05) is 61.5 Å². The predicted molar refractivity (Wildman–Crippen MR) is 228 cm³/mol. The van der Waals surface area contributed by atoms with Crippen molar-refractivity contribution in [2.45, 2.75) is 87.1 Å². The molecule has 4 fully saturated rings. The molecule has 7 heterocycles. The van der Waals surface area contributed by atoms with Crippen LogP contribution in [0.25, 0.3) is 16.6 Å². The van der Waals surface area contributed by atoms with Gasteiger partial charge >= 0.3 is 5.92 Å². The molecule has 1 aliphatic carbocycles. The van der Waals surface area contributed by atoms with Crippen LogP contribution >= 0.6 is 11.6 Å². The number of halogens is 5. The van der Waals surface area contributed by atoms with Crippen molar-refractivity contribution in [3.05, 3.63) is 69.9 Å². The quantitative estimate of drug-likeness (QED) is 0.120. The number of nitrogens with zero attached hydrogens (tertiary/aromatic N) is 7. The zero-order valence-corrected chi connectivity index (χ0v) is 35.7. The number of ether oxygens (including phenoxy) is 1. The third kappa shape index (κ3) is 7.70. The lowest BCUT2D eigenvalue weighted by Crippen LogP contribution is -2.50. The molecule has 3 atom stereocenters. The second-order valence-electron chi connectivity index (χ2n) is 18.0. The number of likely N-dealkylation sites (tertiary alicyclic amines) is 1. The number of piperidine rings is 3. The Bertz CT molecular complexity index is 2520. The first-order chi connectivity index (χ1) is 30.2. The first-order valence-corrected chi connectivity index (χ1v) is 22.1. The van der Waals surface area contributed by atoms with Crippen LogP contribution in [-0.2, 0) is 21.4 Å². The number of benzene rings is 2. The summed E-state index contributed by atoms with van der Waals surface area (Å²) < 4.78 is 70.1. The minimum absolute atomic E-state index is 0.0461. The van der Waals surface area contributed by atoms with Gasteiger partial charge in [0.15, 0.2) is 30.2 Å². The molecule has 2 aromatic heterocycles. The summed E-state index contributed by atoms with van der Waals surface area (Å²) in [6.07, 6.45) is 4.03. The van der Waals surface area contributed by atoms with E-state index in [-0.39, 0.29) is 60.1 Å². The summed E-state index contributed by atoms with van der Waals surface area (Å²) in [7, 11) is 3.33. The maximum Gasteiger partial charge on any atom is 0.301 e. The van der Waals surface area contributed by atoms with Crippen molar-refractivity contribution in [3.63, 3.8) is 0 Å². The molecule has 6 aliphatic rings. The van der Waals surface area contributed by atoms with Crippen molar-refractivity contribution in [1.82, 2.24) is 35.3 Å². The lowest BCUT2D eigenvalue weighted by atomic mass is 9.86.